The fourth-order valence-electron chi connectivity index (χ4n) is 10.7. The second-order valence-corrected chi connectivity index (χ2v) is 20.5. The standard InChI is InChI=1S/C33H42O5.C32H40O6/c1-5-20-36-28-16-12-25(13-17-28)8-6-7-9-31-30-19-18-29(38-24-35-4)21-32(30)37-23-33(31,2)27-14-10-26(11-15-27)22-34-3;1-32(26-12-8-25(9-13-26)21-34-2)22-37-31-20-28(38-23-35-3)16-17-29(31)30(32)7-5-4-6-24-10-14-27(15-11-24)36-19-18-33/h10-19,21,31H,5-9,20,22-24H2,1-4H3;8-17,20,30,33H,4-7,18-19,21-23H2,1-3H3. The second-order valence-electron chi connectivity index (χ2n) is 20.5. The minimum absolute atomic E-state index is 0.0226. The summed E-state index contributed by atoms with van der Waals surface area (Å²) in [4.78, 5) is 0. The molecule has 0 amide bonds. The van der Waals surface area contributed by atoms with Crippen LogP contribution in [0.2, 0.25) is 0 Å². The SMILES string of the molecule is CCCOc1ccc(CCCCC2c3ccc(OCOC)cc3OCC2(C)c2ccc(COC)cc2)cc1.COCOc1ccc2c(c1)OCC(C)(c1ccc(COC)cc1)C2CCCCc1ccc(OCCO)cc1. The van der Waals surface area contributed by atoms with E-state index in [1.807, 2.05) is 36.4 Å². The summed E-state index contributed by atoms with van der Waals surface area (Å²) in [6.07, 6.45) is 9.73. The molecular weight excluding hydrogens is 957 g/mol. The average molecular weight is 1040 g/mol. The first kappa shape index (κ1) is 57.6. The number of aryl methyl sites for hydroxylation is 2. The molecule has 1 N–H and O–H groups in total. The van der Waals surface area contributed by atoms with Crippen LogP contribution >= 0.6 is 0 Å². The van der Waals surface area contributed by atoms with Gasteiger partial charge in [0.2, 0.25) is 0 Å². The Morgan fingerprint density at radius 3 is 1.24 bits per heavy atom. The molecule has 0 radical (unpaired) electrons. The Kier molecular flexibility index (Phi) is 22.3. The number of fused-ring (bicyclic) bond motifs is 2. The van der Waals surface area contributed by atoms with Gasteiger partial charge in [0.1, 0.15) is 41.1 Å². The highest BCUT2D eigenvalue weighted by atomic mass is 16.7. The predicted molar refractivity (Wildman–Crippen MR) is 300 cm³/mol. The maximum Gasteiger partial charge on any atom is 0.188 e. The highest BCUT2D eigenvalue weighted by Crippen LogP contribution is 2.51. The van der Waals surface area contributed by atoms with Gasteiger partial charge < -0.3 is 52.5 Å². The van der Waals surface area contributed by atoms with Crippen LogP contribution in [0.3, 0.4) is 0 Å². The van der Waals surface area contributed by atoms with Crippen molar-refractivity contribution in [3.05, 3.63) is 178 Å². The Morgan fingerprint density at radius 1 is 0.461 bits per heavy atom. The second kappa shape index (κ2) is 29.4. The number of ether oxygens (including phenoxy) is 10. The molecule has 0 bridgehead atoms. The molecule has 76 heavy (non-hydrogen) atoms. The van der Waals surface area contributed by atoms with Crippen LogP contribution in [0.1, 0.15) is 122 Å². The first-order chi connectivity index (χ1) is 37.1. The third-order valence-electron chi connectivity index (χ3n) is 14.9. The lowest BCUT2D eigenvalue weighted by Gasteiger charge is -2.43. The van der Waals surface area contributed by atoms with Crippen LogP contribution in [0.15, 0.2) is 133 Å². The molecule has 0 spiro atoms. The molecule has 11 heteroatoms. The Hall–Kier alpha value is -6.08. The Bertz CT molecular complexity index is 2440. The number of unbranched alkanes of at least 4 members (excludes halogenated alkanes) is 2. The summed E-state index contributed by atoms with van der Waals surface area (Å²) >= 11 is 0. The Labute approximate surface area is 452 Å². The largest absolute Gasteiger partial charge is 0.494 e. The van der Waals surface area contributed by atoms with E-state index in [2.05, 4.69) is 118 Å². The average Bonchev–Trinajstić information content (AvgIpc) is 3.46. The first-order valence-electron chi connectivity index (χ1n) is 27.1. The monoisotopic (exact) mass is 1040 g/mol. The van der Waals surface area contributed by atoms with E-state index in [-0.39, 0.29) is 31.0 Å². The van der Waals surface area contributed by atoms with Crippen molar-refractivity contribution in [2.24, 2.45) is 0 Å². The number of aliphatic hydroxyl groups is 1. The maximum absolute atomic E-state index is 8.94. The van der Waals surface area contributed by atoms with Gasteiger partial charge in [0.25, 0.3) is 0 Å². The quantitative estimate of drug-likeness (QED) is 0.0374. The van der Waals surface area contributed by atoms with Crippen LogP contribution in [-0.2, 0) is 55.8 Å². The van der Waals surface area contributed by atoms with Crippen molar-refractivity contribution in [3.8, 4) is 34.5 Å². The molecular formula is C65H82O11. The van der Waals surface area contributed by atoms with E-state index in [1.165, 1.54) is 44.5 Å². The van der Waals surface area contributed by atoms with E-state index in [1.54, 1.807) is 28.4 Å². The van der Waals surface area contributed by atoms with Crippen LogP contribution in [0.5, 0.6) is 34.5 Å². The van der Waals surface area contributed by atoms with Crippen molar-refractivity contribution in [2.45, 2.75) is 114 Å². The predicted octanol–water partition coefficient (Wildman–Crippen LogP) is 13.5. The van der Waals surface area contributed by atoms with Crippen molar-refractivity contribution in [3.63, 3.8) is 0 Å². The topological polar surface area (TPSA) is 113 Å². The molecule has 4 atom stereocenters. The Balaban J connectivity index is 0.000000221. The lowest BCUT2D eigenvalue weighted by molar-refractivity contribution is 0.0505. The summed E-state index contributed by atoms with van der Waals surface area (Å²) in [5.74, 6) is 5.73. The number of hydrogen-bond donors (Lipinski definition) is 1. The molecule has 6 aromatic carbocycles. The molecule has 0 fully saturated rings. The van der Waals surface area contributed by atoms with E-state index in [9.17, 15) is 0 Å². The smallest absolute Gasteiger partial charge is 0.188 e. The molecule has 2 aliphatic heterocycles. The van der Waals surface area contributed by atoms with Crippen LogP contribution in [0.25, 0.3) is 0 Å². The molecule has 0 saturated heterocycles. The van der Waals surface area contributed by atoms with E-state index in [0.717, 1.165) is 98.9 Å². The van der Waals surface area contributed by atoms with Gasteiger partial charge in [-0.1, -0.05) is 119 Å². The third kappa shape index (κ3) is 15.5. The van der Waals surface area contributed by atoms with Gasteiger partial charge in [-0.2, -0.15) is 0 Å². The summed E-state index contributed by atoms with van der Waals surface area (Å²) in [7, 11) is 6.70. The molecule has 2 heterocycles. The fraction of sp³-hybridized carbons (Fsp3) is 0.446. The van der Waals surface area contributed by atoms with Gasteiger partial charge in [-0.25, -0.2) is 0 Å². The molecule has 0 aromatic heterocycles. The molecule has 0 saturated carbocycles. The van der Waals surface area contributed by atoms with Gasteiger partial charge in [-0.3, -0.25) is 0 Å². The van der Waals surface area contributed by atoms with Crippen LogP contribution < -0.4 is 28.4 Å². The first-order valence-corrected chi connectivity index (χ1v) is 27.1. The zero-order valence-corrected chi connectivity index (χ0v) is 46.1. The minimum atomic E-state index is -0.154. The molecule has 2 aliphatic rings. The lowest BCUT2D eigenvalue weighted by atomic mass is 9.66. The number of methoxy groups -OCH3 is 4. The van der Waals surface area contributed by atoms with Crippen LogP contribution in [0, 0.1) is 0 Å². The van der Waals surface area contributed by atoms with E-state index < -0.39 is 0 Å². The highest BCUT2D eigenvalue weighted by Gasteiger charge is 2.43. The van der Waals surface area contributed by atoms with Crippen molar-refractivity contribution in [1.29, 1.82) is 0 Å². The Morgan fingerprint density at radius 2 is 0.855 bits per heavy atom. The summed E-state index contributed by atoms with van der Waals surface area (Å²) in [5, 5.41) is 8.94. The van der Waals surface area contributed by atoms with Gasteiger partial charge in [-0.05, 0) is 126 Å². The van der Waals surface area contributed by atoms with Crippen molar-refractivity contribution >= 4 is 0 Å². The number of benzene rings is 6. The zero-order valence-electron chi connectivity index (χ0n) is 46.1. The number of aliphatic hydroxyl groups excluding tert-OH is 1. The summed E-state index contributed by atoms with van der Waals surface area (Å²) in [6.45, 7) is 10.8. The van der Waals surface area contributed by atoms with Crippen molar-refractivity contribution in [2.75, 3.05) is 75.1 Å². The molecule has 4 unspecified atom stereocenters. The number of rotatable bonds is 28. The fourth-order valence-corrected chi connectivity index (χ4v) is 10.7. The van der Waals surface area contributed by atoms with E-state index in [4.69, 9.17) is 52.5 Å². The maximum atomic E-state index is 8.94. The van der Waals surface area contributed by atoms with Crippen LogP contribution in [-0.4, -0.2) is 80.2 Å². The normalized spacial score (nSPS) is 18.5. The molecule has 8 rings (SSSR count). The molecule has 6 aromatic rings. The van der Waals surface area contributed by atoms with E-state index in [0.29, 0.717) is 44.9 Å². The summed E-state index contributed by atoms with van der Waals surface area (Å²) < 4.78 is 56.1. The van der Waals surface area contributed by atoms with E-state index >= 15 is 0 Å². The summed E-state index contributed by atoms with van der Waals surface area (Å²) in [6, 6.07) is 46.7. The van der Waals surface area contributed by atoms with Gasteiger partial charge in [0, 0.05) is 63.2 Å². The van der Waals surface area contributed by atoms with Crippen molar-refractivity contribution < 1.29 is 52.5 Å². The van der Waals surface area contributed by atoms with Gasteiger partial charge in [-0.15, -0.1) is 0 Å². The van der Waals surface area contributed by atoms with Gasteiger partial charge in [0.15, 0.2) is 13.6 Å². The third-order valence-corrected chi connectivity index (χ3v) is 14.9. The molecule has 0 aliphatic carbocycles. The van der Waals surface area contributed by atoms with Gasteiger partial charge >= 0.3 is 0 Å². The molecule has 408 valence electrons. The summed E-state index contributed by atoms with van der Waals surface area (Å²) in [5.41, 5.74) is 9.78. The lowest BCUT2D eigenvalue weighted by Crippen LogP contribution is -2.40. The zero-order chi connectivity index (χ0) is 53.6. The highest BCUT2D eigenvalue weighted by molar-refractivity contribution is 5.50. The van der Waals surface area contributed by atoms with Crippen molar-refractivity contribution in [1.82, 2.24) is 0 Å². The molecule has 11 nitrogen and oxygen atoms in total. The minimum Gasteiger partial charge on any atom is -0.494 e. The number of hydrogen-bond acceptors (Lipinski definition) is 11. The van der Waals surface area contributed by atoms with Crippen LogP contribution in [0.4, 0.5) is 0 Å². The van der Waals surface area contributed by atoms with Gasteiger partial charge in [0.05, 0.1) is 39.6 Å².